The number of hydrogen-bond donors (Lipinski definition) is 0. The van der Waals surface area contributed by atoms with Crippen LogP contribution in [0.4, 0.5) is 0 Å². The second-order valence-corrected chi connectivity index (χ2v) is 13.5. The maximum atomic E-state index is 13.7. The highest BCUT2D eigenvalue weighted by Crippen LogP contribution is 2.20. The van der Waals surface area contributed by atoms with Gasteiger partial charge in [-0.05, 0) is 62.4 Å². The van der Waals surface area contributed by atoms with E-state index in [0.29, 0.717) is 12.8 Å². The maximum absolute atomic E-state index is 13.7. The zero-order valence-corrected chi connectivity index (χ0v) is 24.4. The van der Waals surface area contributed by atoms with E-state index in [0.717, 1.165) is 22.5 Å². The molecule has 2 aromatic heterocycles. The lowest BCUT2D eigenvalue weighted by Gasteiger charge is -2.27. The van der Waals surface area contributed by atoms with Gasteiger partial charge in [-0.1, -0.05) is 47.5 Å². The number of aromatic nitrogens is 2. The fraction of sp³-hybridized carbons (Fsp3) is 0.267. The van der Waals surface area contributed by atoms with Gasteiger partial charge in [0.05, 0.1) is 9.79 Å². The van der Waals surface area contributed by atoms with Crippen LogP contribution in [-0.4, -0.2) is 61.6 Å². The Morgan fingerprint density at radius 2 is 0.900 bits per heavy atom. The van der Waals surface area contributed by atoms with Gasteiger partial charge < -0.3 is 0 Å². The summed E-state index contributed by atoms with van der Waals surface area (Å²) < 4.78 is 57.7. The van der Waals surface area contributed by atoms with Crippen molar-refractivity contribution >= 4 is 20.0 Å². The summed E-state index contributed by atoms with van der Waals surface area (Å²) in [6.07, 6.45) is 4.12. The summed E-state index contributed by atoms with van der Waals surface area (Å²) in [5.41, 5.74) is 3.41. The number of aryl methyl sites for hydroxylation is 2. The molecule has 40 heavy (non-hydrogen) atoms. The van der Waals surface area contributed by atoms with Gasteiger partial charge in [-0.15, -0.1) is 0 Å². The molecule has 0 N–H and O–H groups in total. The normalized spacial score (nSPS) is 12.2. The van der Waals surface area contributed by atoms with Crippen LogP contribution in [0.3, 0.4) is 0 Å². The third-order valence-electron chi connectivity index (χ3n) is 6.60. The van der Waals surface area contributed by atoms with Crippen LogP contribution in [0.2, 0.25) is 0 Å². The fourth-order valence-corrected chi connectivity index (χ4v) is 7.08. The Morgan fingerprint density at radius 1 is 0.525 bits per heavy atom. The van der Waals surface area contributed by atoms with Gasteiger partial charge in [0.25, 0.3) is 0 Å². The summed E-state index contributed by atoms with van der Waals surface area (Å²) >= 11 is 0. The standard InChI is InChI=1S/C30H34N4O4S2/c1-25-9-13-29(14-10-25)39(35,36)33(21-17-27-7-3-5-19-31-27)23-24-34(22-18-28-8-4-6-20-32-28)40(37,38)30-15-11-26(2)12-16-30/h3-16,19-20H,17-18,21-24H2,1-2H3. The minimum absolute atomic E-state index is 0.0175. The van der Waals surface area contributed by atoms with E-state index in [1.54, 1.807) is 73.1 Å². The highest BCUT2D eigenvalue weighted by molar-refractivity contribution is 7.89. The second kappa shape index (κ2) is 13.3. The van der Waals surface area contributed by atoms with Crippen LogP contribution in [0.25, 0.3) is 0 Å². The van der Waals surface area contributed by atoms with Crippen molar-refractivity contribution in [2.24, 2.45) is 0 Å². The Morgan fingerprint density at radius 3 is 1.23 bits per heavy atom. The monoisotopic (exact) mass is 578 g/mol. The molecule has 0 radical (unpaired) electrons. The summed E-state index contributed by atoms with van der Waals surface area (Å²) in [6.45, 7) is 4.07. The van der Waals surface area contributed by atoms with Crippen molar-refractivity contribution in [1.82, 2.24) is 18.6 Å². The third kappa shape index (κ3) is 7.60. The first-order valence-corrected chi connectivity index (χ1v) is 16.0. The molecule has 0 spiro atoms. The summed E-state index contributed by atoms with van der Waals surface area (Å²) in [7, 11) is -7.79. The molecular formula is C30H34N4O4S2. The summed E-state index contributed by atoms with van der Waals surface area (Å²) in [5.74, 6) is 0. The van der Waals surface area contributed by atoms with Crippen molar-refractivity contribution in [1.29, 1.82) is 0 Å². The summed E-state index contributed by atoms with van der Waals surface area (Å²) in [4.78, 5) is 8.99. The van der Waals surface area contributed by atoms with E-state index in [-0.39, 0.29) is 36.0 Å². The van der Waals surface area contributed by atoms with Gasteiger partial charge in [0.2, 0.25) is 20.0 Å². The molecule has 4 rings (SSSR count). The molecule has 0 fully saturated rings. The number of nitrogens with zero attached hydrogens (tertiary/aromatic N) is 4. The molecule has 4 aromatic rings. The molecule has 0 unspecified atom stereocenters. The topological polar surface area (TPSA) is 101 Å². The van der Waals surface area contributed by atoms with Crippen LogP contribution in [0.1, 0.15) is 22.5 Å². The van der Waals surface area contributed by atoms with E-state index in [1.807, 2.05) is 38.1 Å². The molecule has 2 heterocycles. The quantitative estimate of drug-likeness (QED) is 0.235. The lowest BCUT2D eigenvalue weighted by Crippen LogP contribution is -2.42. The smallest absolute Gasteiger partial charge is 0.243 e. The van der Waals surface area contributed by atoms with Crippen LogP contribution in [-0.2, 0) is 32.9 Å². The molecule has 0 aliphatic heterocycles. The molecule has 0 saturated heterocycles. The van der Waals surface area contributed by atoms with Crippen LogP contribution >= 0.6 is 0 Å². The average molecular weight is 579 g/mol. The molecular weight excluding hydrogens is 544 g/mol. The predicted octanol–water partition coefficient (Wildman–Crippen LogP) is 4.26. The lowest BCUT2D eigenvalue weighted by molar-refractivity contribution is 0.345. The Hall–Kier alpha value is -3.44. The van der Waals surface area contributed by atoms with Gasteiger partial charge in [0.1, 0.15) is 0 Å². The fourth-order valence-electron chi connectivity index (χ4n) is 4.22. The Bertz CT molecular complexity index is 1460. The summed E-state index contributed by atoms with van der Waals surface area (Å²) in [6, 6.07) is 24.4. The average Bonchev–Trinajstić information content (AvgIpc) is 2.96. The zero-order chi connectivity index (χ0) is 28.6. The zero-order valence-electron chi connectivity index (χ0n) is 22.7. The SMILES string of the molecule is Cc1ccc(S(=O)(=O)N(CCc2ccccn2)CCN(CCc2ccccn2)S(=O)(=O)c2ccc(C)cc2)cc1. The largest absolute Gasteiger partial charge is 0.261 e. The molecule has 0 amide bonds. The van der Waals surface area contributed by atoms with Crippen molar-refractivity contribution < 1.29 is 16.8 Å². The van der Waals surface area contributed by atoms with Crippen molar-refractivity contribution in [3.05, 3.63) is 120 Å². The van der Waals surface area contributed by atoms with Gasteiger partial charge >= 0.3 is 0 Å². The van der Waals surface area contributed by atoms with Gasteiger partial charge in [-0.25, -0.2) is 16.8 Å². The number of pyridine rings is 2. The van der Waals surface area contributed by atoms with E-state index in [2.05, 4.69) is 9.97 Å². The number of benzene rings is 2. The van der Waals surface area contributed by atoms with Gasteiger partial charge in [-0.2, -0.15) is 8.61 Å². The maximum Gasteiger partial charge on any atom is 0.243 e. The molecule has 2 aromatic carbocycles. The summed E-state index contributed by atoms with van der Waals surface area (Å²) in [5, 5.41) is 0. The predicted molar refractivity (Wildman–Crippen MR) is 156 cm³/mol. The van der Waals surface area contributed by atoms with Gasteiger partial charge in [0.15, 0.2) is 0 Å². The molecule has 210 valence electrons. The molecule has 0 aliphatic carbocycles. The van der Waals surface area contributed by atoms with E-state index >= 15 is 0 Å². The van der Waals surface area contributed by atoms with Crippen molar-refractivity contribution in [2.45, 2.75) is 36.5 Å². The van der Waals surface area contributed by atoms with E-state index in [9.17, 15) is 16.8 Å². The van der Waals surface area contributed by atoms with Crippen LogP contribution in [0.5, 0.6) is 0 Å². The van der Waals surface area contributed by atoms with Crippen LogP contribution < -0.4 is 0 Å². The Balaban J connectivity index is 1.62. The van der Waals surface area contributed by atoms with Crippen LogP contribution in [0, 0.1) is 13.8 Å². The highest BCUT2D eigenvalue weighted by Gasteiger charge is 2.29. The Labute approximate surface area is 237 Å². The highest BCUT2D eigenvalue weighted by atomic mass is 32.2. The number of rotatable bonds is 13. The molecule has 0 atom stereocenters. The van der Waals surface area contributed by atoms with Crippen molar-refractivity contribution in [2.75, 3.05) is 26.2 Å². The van der Waals surface area contributed by atoms with Crippen molar-refractivity contribution in [3.8, 4) is 0 Å². The molecule has 10 heteroatoms. The number of hydrogen-bond acceptors (Lipinski definition) is 6. The van der Waals surface area contributed by atoms with E-state index in [1.165, 1.54) is 8.61 Å². The first-order chi connectivity index (χ1) is 19.2. The second-order valence-electron chi connectivity index (χ2n) is 9.58. The van der Waals surface area contributed by atoms with Gasteiger partial charge in [0, 0.05) is 62.8 Å². The molecule has 0 bridgehead atoms. The van der Waals surface area contributed by atoms with E-state index in [4.69, 9.17) is 0 Å². The third-order valence-corrected chi connectivity index (χ3v) is 10.4. The molecule has 0 aliphatic rings. The van der Waals surface area contributed by atoms with E-state index < -0.39 is 20.0 Å². The van der Waals surface area contributed by atoms with Gasteiger partial charge in [-0.3, -0.25) is 9.97 Å². The Kier molecular flexibility index (Phi) is 9.80. The van der Waals surface area contributed by atoms with Crippen molar-refractivity contribution in [3.63, 3.8) is 0 Å². The first kappa shape index (κ1) is 29.5. The van der Waals surface area contributed by atoms with Crippen LogP contribution in [0.15, 0.2) is 107 Å². The lowest BCUT2D eigenvalue weighted by atomic mass is 10.2. The minimum Gasteiger partial charge on any atom is -0.261 e. The minimum atomic E-state index is -3.89. The number of sulfonamides is 2. The molecule has 8 nitrogen and oxygen atoms in total. The first-order valence-electron chi connectivity index (χ1n) is 13.1. The molecule has 0 saturated carbocycles.